The number of nitrogens with one attached hydrogen (secondary N) is 1. The number of halogens is 2. The van der Waals surface area contributed by atoms with Gasteiger partial charge in [0.1, 0.15) is 17.6 Å². The molecular weight excluding hydrogens is 479 g/mol. The van der Waals surface area contributed by atoms with Crippen LogP contribution in [0.1, 0.15) is 41.8 Å². The van der Waals surface area contributed by atoms with Crippen molar-refractivity contribution in [2.45, 2.75) is 38.3 Å². The number of amides is 2. The molecule has 3 aromatic rings. The van der Waals surface area contributed by atoms with Gasteiger partial charge in [-0.15, -0.1) is 0 Å². The zero-order valence-corrected chi connectivity index (χ0v) is 19.6. The molecule has 0 aliphatic carbocycles. The van der Waals surface area contributed by atoms with Gasteiger partial charge in [-0.2, -0.15) is 0 Å². The van der Waals surface area contributed by atoms with Gasteiger partial charge in [0.2, 0.25) is 11.8 Å². The monoisotopic (exact) mass is 500 g/mol. The maximum atomic E-state index is 13.2. The number of hydrogen-bond donors (Lipinski definition) is 2. The summed E-state index contributed by atoms with van der Waals surface area (Å²) < 4.78 is 5.95. The molecule has 176 valence electrons. The molecule has 1 saturated heterocycles. The van der Waals surface area contributed by atoms with Crippen molar-refractivity contribution in [1.29, 1.82) is 0 Å². The minimum absolute atomic E-state index is 0.0172. The molecule has 9 heteroatoms. The SMILES string of the molecule is O=C(O)c1ccccc1NC(=O)C1CCCCC(=O)N1Cc1ccc(-c2cc(Cl)ccc2Cl)o1. The summed E-state index contributed by atoms with van der Waals surface area (Å²) in [6.45, 7) is 0.0929. The average molecular weight is 501 g/mol. The minimum Gasteiger partial charge on any atom is -0.478 e. The van der Waals surface area contributed by atoms with Gasteiger partial charge < -0.3 is 19.7 Å². The van der Waals surface area contributed by atoms with E-state index in [0.29, 0.717) is 52.8 Å². The molecule has 34 heavy (non-hydrogen) atoms. The Hall–Kier alpha value is -3.29. The fourth-order valence-electron chi connectivity index (χ4n) is 4.01. The average Bonchev–Trinajstić information content (AvgIpc) is 3.19. The smallest absolute Gasteiger partial charge is 0.337 e. The van der Waals surface area contributed by atoms with Crippen LogP contribution in [0.15, 0.2) is 59.0 Å². The lowest BCUT2D eigenvalue weighted by Crippen LogP contribution is -2.45. The van der Waals surface area contributed by atoms with Crippen molar-refractivity contribution in [3.05, 3.63) is 76.0 Å². The van der Waals surface area contributed by atoms with Crippen molar-refractivity contribution >= 4 is 46.7 Å². The van der Waals surface area contributed by atoms with Crippen LogP contribution in [0.25, 0.3) is 11.3 Å². The van der Waals surface area contributed by atoms with E-state index < -0.39 is 17.9 Å². The number of anilines is 1. The molecule has 1 aliphatic heterocycles. The number of carbonyl (C=O) groups is 3. The first-order chi connectivity index (χ1) is 16.3. The maximum Gasteiger partial charge on any atom is 0.337 e. The third-order valence-electron chi connectivity index (χ3n) is 5.71. The number of carbonyl (C=O) groups excluding carboxylic acids is 2. The Bertz CT molecular complexity index is 1240. The number of carboxylic acids is 1. The maximum absolute atomic E-state index is 13.2. The quantitative estimate of drug-likeness (QED) is 0.441. The van der Waals surface area contributed by atoms with E-state index in [1.165, 1.54) is 17.0 Å². The molecule has 7 nitrogen and oxygen atoms in total. The highest BCUT2D eigenvalue weighted by Crippen LogP contribution is 2.32. The molecule has 0 radical (unpaired) electrons. The number of hydrogen-bond acceptors (Lipinski definition) is 4. The van der Waals surface area contributed by atoms with Crippen molar-refractivity contribution in [1.82, 2.24) is 4.90 Å². The summed E-state index contributed by atoms with van der Waals surface area (Å²) in [4.78, 5) is 39.1. The van der Waals surface area contributed by atoms with Gasteiger partial charge in [0, 0.05) is 17.0 Å². The van der Waals surface area contributed by atoms with E-state index in [1.54, 1.807) is 42.5 Å². The number of likely N-dealkylation sites (tertiary alicyclic amines) is 1. The lowest BCUT2D eigenvalue weighted by atomic mass is 10.1. The van der Waals surface area contributed by atoms with E-state index in [9.17, 15) is 19.5 Å². The van der Waals surface area contributed by atoms with Gasteiger partial charge in [0.05, 0.1) is 22.8 Å². The molecule has 0 spiro atoms. The van der Waals surface area contributed by atoms with Crippen LogP contribution in [0, 0.1) is 0 Å². The van der Waals surface area contributed by atoms with E-state index in [1.807, 2.05) is 0 Å². The zero-order valence-electron chi connectivity index (χ0n) is 18.1. The topological polar surface area (TPSA) is 99.8 Å². The second kappa shape index (κ2) is 10.3. The van der Waals surface area contributed by atoms with Gasteiger partial charge in [0.15, 0.2) is 0 Å². The van der Waals surface area contributed by atoms with Gasteiger partial charge >= 0.3 is 5.97 Å². The Labute approximate surface area is 206 Å². The van der Waals surface area contributed by atoms with Crippen molar-refractivity contribution in [3.63, 3.8) is 0 Å². The molecule has 2 N–H and O–H groups in total. The predicted octanol–water partition coefficient (Wildman–Crippen LogP) is 5.86. The molecule has 4 rings (SSSR count). The molecular formula is C25H22Cl2N2O5. The number of furan rings is 1. The minimum atomic E-state index is -1.15. The van der Waals surface area contributed by atoms with Gasteiger partial charge in [-0.1, -0.05) is 41.8 Å². The van der Waals surface area contributed by atoms with Gasteiger partial charge in [-0.3, -0.25) is 9.59 Å². The molecule has 1 aliphatic rings. The second-order valence-corrected chi connectivity index (χ2v) is 8.86. The second-order valence-electron chi connectivity index (χ2n) is 8.01. The first-order valence-corrected chi connectivity index (χ1v) is 11.6. The fourth-order valence-corrected chi connectivity index (χ4v) is 4.40. The summed E-state index contributed by atoms with van der Waals surface area (Å²) in [5.74, 6) is -0.754. The van der Waals surface area contributed by atoms with Crippen LogP contribution in [-0.4, -0.2) is 33.8 Å². The first kappa shape index (κ1) is 23.9. The van der Waals surface area contributed by atoms with E-state index in [0.717, 1.165) is 0 Å². The van der Waals surface area contributed by atoms with Gasteiger partial charge in [-0.05, 0) is 55.3 Å². The Kier molecular flexibility index (Phi) is 7.24. The molecule has 1 unspecified atom stereocenters. The standard InChI is InChI=1S/C25H22Cl2N2O5/c26-15-9-11-19(27)18(13-15)22-12-10-16(34-22)14-29-21(7-3-4-8-23(29)30)24(31)28-20-6-2-1-5-17(20)25(32)33/h1-2,5-6,9-13,21H,3-4,7-8,14H2,(H,28,31)(H,32,33). The number of nitrogens with zero attached hydrogens (tertiary/aromatic N) is 1. The van der Waals surface area contributed by atoms with Crippen LogP contribution in [-0.2, 0) is 16.1 Å². The zero-order chi connectivity index (χ0) is 24.2. The Morgan fingerprint density at radius 3 is 2.68 bits per heavy atom. The van der Waals surface area contributed by atoms with E-state index in [2.05, 4.69) is 5.32 Å². The van der Waals surface area contributed by atoms with E-state index >= 15 is 0 Å². The highest BCUT2D eigenvalue weighted by molar-refractivity contribution is 6.35. The Morgan fingerprint density at radius 1 is 1.09 bits per heavy atom. The van der Waals surface area contributed by atoms with Gasteiger partial charge in [0.25, 0.3) is 0 Å². The number of carboxylic acid groups (broad SMARTS) is 1. The summed E-state index contributed by atoms with van der Waals surface area (Å²) >= 11 is 12.4. The van der Waals surface area contributed by atoms with Crippen LogP contribution < -0.4 is 5.32 Å². The Balaban J connectivity index is 1.57. The van der Waals surface area contributed by atoms with Crippen LogP contribution in [0.4, 0.5) is 5.69 Å². The summed E-state index contributed by atoms with van der Waals surface area (Å²) in [6.07, 6.45) is 2.15. The lowest BCUT2D eigenvalue weighted by Gasteiger charge is -2.28. The summed E-state index contributed by atoms with van der Waals surface area (Å²) in [5, 5.41) is 13.1. The first-order valence-electron chi connectivity index (χ1n) is 10.8. The van der Waals surface area contributed by atoms with Crippen LogP contribution in [0.3, 0.4) is 0 Å². The van der Waals surface area contributed by atoms with Crippen molar-refractivity contribution < 1.29 is 23.9 Å². The third-order valence-corrected chi connectivity index (χ3v) is 6.28. The number of aromatic carboxylic acids is 1. The van der Waals surface area contributed by atoms with Gasteiger partial charge in [-0.25, -0.2) is 4.79 Å². The van der Waals surface area contributed by atoms with Crippen molar-refractivity contribution in [2.24, 2.45) is 0 Å². The van der Waals surface area contributed by atoms with Crippen LogP contribution in [0.2, 0.25) is 10.0 Å². The third kappa shape index (κ3) is 5.26. The molecule has 0 saturated carbocycles. The van der Waals surface area contributed by atoms with Crippen molar-refractivity contribution in [2.75, 3.05) is 5.32 Å². The molecule has 1 atom stereocenters. The normalized spacial score (nSPS) is 16.2. The molecule has 2 aromatic carbocycles. The molecule has 2 amide bonds. The summed E-state index contributed by atoms with van der Waals surface area (Å²) in [6, 6.07) is 13.9. The Morgan fingerprint density at radius 2 is 1.88 bits per heavy atom. The van der Waals surface area contributed by atoms with Crippen molar-refractivity contribution in [3.8, 4) is 11.3 Å². The number of rotatable bonds is 6. The highest BCUT2D eigenvalue weighted by atomic mass is 35.5. The summed E-state index contributed by atoms with van der Waals surface area (Å²) in [5.41, 5.74) is 0.797. The summed E-state index contributed by atoms with van der Waals surface area (Å²) in [7, 11) is 0. The van der Waals surface area contributed by atoms with E-state index in [4.69, 9.17) is 27.6 Å². The van der Waals surface area contributed by atoms with Crippen LogP contribution >= 0.6 is 23.2 Å². The number of para-hydroxylation sites is 1. The lowest BCUT2D eigenvalue weighted by molar-refractivity contribution is -0.138. The highest BCUT2D eigenvalue weighted by Gasteiger charge is 2.33. The number of benzene rings is 2. The van der Waals surface area contributed by atoms with Crippen LogP contribution in [0.5, 0.6) is 0 Å². The largest absolute Gasteiger partial charge is 0.478 e. The van der Waals surface area contributed by atoms with E-state index in [-0.39, 0.29) is 23.7 Å². The fraction of sp³-hybridized carbons (Fsp3) is 0.240. The predicted molar refractivity (Wildman–Crippen MR) is 129 cm³/mol. The molecule has 1 aromatic heterocycles. The molecule has 0 bridgehead atoms. The molecule has 2 heterocycles. The molecule has 1 fully saturated rings.